The van der Waals surface area contributed by atoms with Crippen molar-refractivity contribution in [1.82, 2.24) is 15.0 Å². The molecule has 2 heterocycles. The molecular formula is C24H25N3O2. The summed E-state index contributed by atoms with van der Waals surface area (Å²) in [6.07, 6.45) is 1.13. The first kappa shape index (κ1) is 19.0. The molecule has 0 amide bonds. The van der Waals surface area contributed by atoms with Gasteiger partial charge in [0.15, 0.2) is 0 Å². The summed E-state index contributed by atoms with van der Waals surface area (Å²) in [5.74, 6) is 0.821. The maximum Gasteiger partial charge on any atom is 0.270 e. The Kier molecular flexibility index (Phi) is 5.21. The lowest BCUT2D eigenvalue weighted by molar-refractivity contribution is 0.386. The van der Waals surface area contributed by atoms with E-state index in [4.69, 9.17) is 4.74 Å². The third-order valence-electron chi connectivity index (χ3n) is 5.05. The van der Waals surface area contributed by atoms with Crippen LogP contribution in [0.1, 0.15) is 30.8 Å². The van der Waals surface area contributed by atoms with E-state index in [2.05, 4.69) is 53.1 Å². The summed E-state index contributed by atoms with van der Waals surface area (Å²) in [6.45, 7) is 4.14. The number of benzene rings is 2. The number of H-pyrrole nitrogens is 2. The van der Waals surface area contributed by atoms with Crippen molar-refractivity contribution >= 4 is 10.9 Å². The summed E-state index contributed by atoms with van der Waals surface area (Å²) in [5, 5.41) is 1.13. The molecule has 148 valence electrons. The van der Waals surface area contributed by atoms with Crippen LogP contribution in [-0.4, -0.2) is 22.1 Å². The first-order chi connectivity index (χ1) is 14.1. The summed E-state index contributed by atoms with van der Waals surface area (Å²) in [6, 6.07) is 18.4. The highest BCUT2D eigenvalue weighted by molar-refractivity contribution is 5.91. The molecule has 0 atom stereocenters. The van der Waals surface area contributed by atoms with Gasteiger partial charge in [0.25, 0.3) is 5.56 Å². The van der Waals surface area contributed by atoms with Gasteiger partial charge in [0, 0.05) is 17.3 Å². The van der Waals surface area contributed by atoms with Crippen LogP contribution in [-0.2, 0) is 12.8 Å². The van der Waals surface area contributed by atoms with Crippen LogP contribution in [0.2, 0.25) is 0 Å². The van der Waals surface area contributed by atoms with Crippen LogP contribution < -0.4 is 10.3 Å². The van der Waals surface area contributed by atoms with E-state index < -0.39 is 0 Å². The number of aromatic amines is 2. The average Bonchev–Trinajstić information content (AvgIpc) is 3.09. The van der Waals surface area contributed by atoms with Crippen LogP contribution >= 0.6 is 0 Å². The van der Waals surface area contributed by atoms with Crippen molar-refractivity contribution in [3.8, 4) is 17.1 Å². The molecule has 4 rings (SSSR count). The number of nitrogens with zero attached hydrogens (tertiary/aromatic N) is 1. The number of ether oxygens (including phenoxy) is 1. The van der Waals surface area contributed by atoms with E-state index in [-0.39, 0.29) is 5.56 Å². The number of aromatic nitrogens is 3. The topological polar surface area (TPSA) is 70.8 Å². The molecule has 0 saturated heterocycles. The van der Waals surface area contributed by atoms with E-state index in [9.17, 15) is 4.79 Å². The zero-order chi connectivity index (χ0) is 20.4. The van der Waals surface area contributed by atoms with Crippen molar-refractivity contribution in [2.45, 2.75) is 26.7 Å². The monoisotopic (exact) mass is 387 g/mol. The Labute approximate surface area is 169 Å². The van der Waals surface area contributed by atoms with E-state index in [0.29, 0.717) is 36.0 Å². The summed E-state index contributed by atoms with van der Waals surface area (Å²) < 4.78 is 5.54. The van der Waals surface area contributed by atoms with E-state index in [0.717, 1.165) is 27.7 Å². The first-order valence-electron chi connectivity index (χ1n) is 9.88. The van der Waals surface area contributed by atoms with Gasteiger partial charge < -0.3 is 14.7 Å². The summed E-state index contributed by atoms with van der Waals surface area (Å²) in [7, 11) is 1.59. The molecule has 29 heavy (non-hydrogen) atoms. The third-order valence-corrected chi connectivity index (χ3v) is 5.05. The fourth-order valence-corrected chi connectivity index (χ4v) is 3.73. The minimum Gasteiger partial charge on any atom is -0.480 e. The van der Waals surface area contributed by atoms with Gasteiger partial charge in [-0.25, -0.2) is 4.98 Å². The van der Waals surface area contributed by atoms with Gasteiger partial charge in [0.2, 0.25) is 5.88 Å². The largest absolute Gasteiger partial charge is 0.480 e. The molecule has 2 N–H and O–H groups in total. The van der Waals surface area contributed by atoms with Crippen molar-refractivity contribution < 1.29 is 4.74 Å². The highest BCUT2D eigenvalue weighted by atomic mass is 16.5. The molecule has 2 aromatic carbocycles. The van der Waals surface area contributed by atoms with Gasteiger partial charge in [-0.2, -0.15) is 0 Å². The Morgan fingerprint density at radius 1 is 1.00 bits per heavy atom. The van der Waals surface area contributed by atoms with Gasteiger partial charge in [-0.1, -0.05) is 62.4 Å². The predicted molar refractivity (Wildman–Crippen MR) is 116 cm³/mol. The van der Waals surface area contributed by atoms with E-state index in [1.807, 2.05) is 30.3 Å². The highest BCUT2D eigenvalue weighted by Gasteiger charge is 2.18. The van der Waals surface area contributed by atoms with E-state index >= 15 is 0 Å². The minimum atomic E-state index is -0.143. The van der Waals surface area contributed by atoms with Crippen LogP contribution in [0.25, 0.3) is 22.2 Å². The van der Waals surface area contributed by atoms with E-state index in [1.54, 1.807) is 7.11 Å². The van der Waals surface area contributed by atoms with Crippen molar-refractivity contribution in [3.63, 3.8) is 0 Å². The van der Waals surface area contributed by atoms with Crippen LogP contribution in [0.15, 0.2) is 59.4 Å². The normalized spacial score (nSPS) is 11.3. The van der Waals surface area contributed by atoms with Crippen molar-refractivity contribution in [3.05, 3.63) is 81.9 Å². The second-order valence-electron chi connectivity index (χ2n) is 7.67. The zero-order valence-electron chi connectivity index (χ0n) is 17.0. The van der Waals surface area contributed by atoms with Gasteiger partial charge in [-0.15, -0.1) is 0 Å². The molecule has 5 heteroatoms. The fraction of sp³-hybridized carbons (Fsp3) is 0.250. The lowest BCUT2D eigenvalue weighted by Gasteiger charge is -2.11. The standard InChI is InChI=1S/C24H25N3O2/c1-15(2)13-20-23(28)26-21(24(27-20)29-3)14-18-17-11-7-8-12-19(17)25-22(18)16-9-5-4-6-10-16/h4-12,15,25H,13-14H2,1-3H3,(H,26,28). The molecule has 4 aromatic rings. The van der Waals surface area contributed by atoms with Crippen LogP contribution in [0, 0.1) is 5.92 Å². The molecule has 0 spiro atoms. The molecular weight excluding hydrogens is 362 g/mol. The quantitative estimate of drug-likeness (QED) is 0.503. The lowest BCUT2D eigenvalue weighted by Crippen LogP contribution is -2.20. The molecule has 0 unspecified atom stereocenters. The average molecular weight is 387 g/mol. The molecule has 0 radical (unpaired) electrons. The number of hydrogen-bond donors (Lipinski definition) is 2. The molecule has 0 aliphatic carbocycles. The predicted octanol–water partition coefficient (Wildman–Crippen LogP) is 4.72. The number of para-hydroxylation sites is 1. The molecule has 0 bridgehead atoms. The second-order valence-corrected chi connectivity index (χ2v) is 7.67. The molecule has 0 fully saturated rings. The highest BCUT2D eigenvalue weighted by Crippen LogP contribution is 2.32. The second kappa shape index (κ2) is 7.95. The van der Waals surface area contributed by atoms with Gasteiger partial charge >= 0.3 is 0 Å². The molecule has 0 saturated carbocycles. The summed E-state index contributed by atoms with van der Waals surface area (Å²) >= 11 is 0. The van der Waals surface area contributed by atoms with Crippen LogP contribution in [0.4, 0.5) is 0 Å². The number of methoxy groups -OCH3 is 1. The third kappa shape index (κ3) is 3.81. The van der Waals surface area contributed by atoms with E-state index in [1.165, 1.54) is 0 Å². The number of nitrogens with one attached hydrogen (secondary N) is 2. The van der Waals surface area contributed by atoms with Crippen molar-refractivity contribution in [2.24, 2.45) is 5.92 Å². The molecule has 2 aromatic heterocycles. The number of hydrogen-bond acceptors (Lipinski definition) is 3. The fourth-order valence-electron chi connectivity index (χ4n) is 3.73. The van der Waals surface area contributed by atoms with Crippen LogP contribution in [0.5, 0.6) is 5.88 Å². The van der Waals surface area contributed by atoms with Crippen molar-refractivity contribution in [2.75, 3.05) is 7.11 Å². The maximum absolute atomic E-state index is 12.6. The Hall–Kier alpha value is -3.34. The lowest BCUT2D eigenvalue weighted by atomic mass is 10.0. The number of fused-ring (bicyclic) bond motifs is 1. The molecule has 0 aliphatic rings. The van der Waals surface area contributed by atoms with Gasteiger partial charge in [0.05, 0.1) is 18.5 Å². The Morgan fingerprint density at radius 2 is 1.72 bits per heavy atom. The zero-order valence-corrected chi connectivity index (χ0v) is 17.0. The van der Waals surface area contributed by atoms with Gasteiger partial charge in [0.1, 0.15) is 5.69 Å². The number of rotatable bonds is 6. The van der Waals surface area contributed by atoms with Crippen LogP contribution in [0.3, 0.4) is 0 Å². The SMILES string of the molecule is COc1nc(CC(C)C)c(=O)[nH]c1Cc1c(-c2ccccc2)[nH]c2ccccc12. The smallest absolute Gasteiger partial charge is 0.270 e. The summed E-state index contributed by atoms with van der Waals surface area (Å²) in [5.41, 5.74) is 5.38. The first-order valence-corrected chi connectivity index (χ1v) is 9.88. The van der Waals surface area contributed by atoms with Crippen molar-refractivity contribution in [1.29, 1.82) is 0 Å². The molecule has 0 aliphatic heterocycles. The molecule has 5 nitrogen and oxygen atoms in total. The van der Waals surface area contributed by atoms with Gasteiger partial charge in [-0.3, -0.25) is 4.79 Å². The minimum absolute atomic E-state index is 0.143. The van der Waals surface area contributed by atoms with Gasteiger partial charge in [-0.05, 0) is 29.5 Å². The maximum atomic E-state index is 12.6. The Morgan fingerprint density at radius 3 is 2.45 bits per heavy atom. The summed E-state index contributed by atoms with van der Waals surface area (Å²) in [4.78, 5) is 23.7. The Balaban J connectivity index is 1.84. The Bertz CT molecular complexity index is 1190.